The Bertz CT molecular complexity index is 537. The summed E-state index contributed by atoms with van der Waals surface area (Å²) in [6.45, 7) is 1.95. The Kier molecular flexibility index (Phi) is 3.17. The normalized spacial score (nSPS) is 28.9. The van der Waals surface area contributed by atoms with Crippen LogP contribution >= 0.6 is 27.3 Å². The number of thiophene rings is 1. The molecule has 2 aliphatic heterocycles. The molecular weight excluding hydrogens is 330 g/mol. The second-order valence-corrected chi connectivity index (χ2v) is 7.63. The van der Waals surface area contributed by atoms with Crippen molar-refractivity contribution in [3.05, 3.63) is 20.3 Å². The Morgan fingerprint density at radius 2 is 2.21 bits per heavy atom. The van der Waals surface area contributed by atoms with E-state index in [4.69, 9.17) is 0 Å². The van der Waals surface area contributed by atoms with Crippen LogP contribution in [-0.4, -0.2) is 34.0 Å². The largest absolute Gasteiger partial charge is 0.481 e. The minimum absolute atomic E-state index is 0.00458. The number of amides is 1. The van der Waals surface area contributed by atoms with Gasteiger partial charge in [0.05, 0.1) is 14.6 Å². The van der Waals surface area contributed by atoms with E-state index in [1.807, 2.05) is 17.9 Å². The van der Waals surface area contributed by atoms with Crippen LogP contribution in [0.15, 0.2) is 9.85 Å². The first kappa shape index (κ1) is 13.1. The van der Waals surface area contributed by atoms with Gasteiger partial charge in [-0.2, -0.15) is 0 Å². The van der Waals surface area contributed by atoms with Gasteiger partial charge in [-0.05, 0) is 53.7 Å². The van der Waals surface area contributed by atoms with E-state index in [0.29, 0.717) is 11.3 Å². The zero-order valence-electron chi connectivity index (χ0n) is 10.4. The van der Waals surface area contributed by atoms with E-state index >= 15 is 0 Å². The third kappa shape index (κ3) is 2.01. The van der Waals surface area contributed by atoms with E-state index in [2.05, 4.69) is 15.9 Å². The van der Waals surface area contributed by atoms with Crippen molar-refractivity contribution in [2.45, 2.75) is 38.3 Å². The molecule has 19 heavy (non-hydrogen) atoms. The molecule has 2 bridgehead atoms. The maximum atomic E-state index is 12.6. The van der Waals surface area contributed by atoms with Crippen molar-refractivity contribution < 1.29 is 14.7 Å². The van der Waals surface area contributed by atoms with Gasteiger partial charge in [-0.25, -0.2) is 0 Å². The Morgan fingerprint density at radius 1 is 1.47 bits per heavy atom. The first-order valence-corrected chi connectivity index (χ1v) is 7.91. The number of carboxylic acid groups (broad SMARTS) is 1. The van der Waals surface area contributed by atoms with Crippen LogP contribution < -0.4 is 0 Å². The number of carbonyl (C=O) groups excluding carboxylic acids is 1. The number of halogens is 1. The molecule has 0 saturated carbocycles. The molecule has 1 amide bonds. The highest BCUT2D eigenvalue weighted by Crippen LogP contribution is 2.43. The van der Waals surface area contributed by atoms with E-state index in [-0.39, 0.29) is 23.9 Å². The molecule has 4 nitrogen and oxygen atoms in total. The highest BCUT2D eigenvalue weighted by molar-refractivity contribution is 9.11. The monoisotopic (exact) mass is 343 g/mol. The van der Waals surface area contributed by atoms with E-state index < -0.39 is 5.97 Å². The Labute approximate surface area is 123 Å². The van der Waals surface area contributed by atoms with Gasteiger partial charge < -0.3 is 10.0 Å². The summed E-state index contributed by atoms with van der Waals surface area (Å²) >= 11 is 4.86. The van der Waals surface area contributed by atoms with Crippen molar-refractivity contribution in [1.29, 1.82) is 0 Å². The highest BCUT2D eigenvalue weighted by atomic mass is 79.9. The fourth-order valence-corrected chi connectivity index (χ4v) is 4.74. The highest BCUT2D eigenvalue weighted by Gasteiger charge is 2.51. The van der Waals surface area contributed by atoms with Crippen molar-refractivity contribution in [3.63, 3.8) is 0 Å². The van der Waals surface area contributed by atoms with Gasteiger partial charge in [-0.1, -0.05) is 0 Å². The molecule has 0 radical (unpaired) electrons. The molecule has 3 unspecified atom stereocenters. The van der Waals surface area contributed by atoms with Crippen LogP contribution in [0.2, 0.25) is 0 Å². The second-order valence-electron chi connectivity index (χ2n) is 5.26. The average molecular weight is 344 g/mol. The number of hydrogen-bond donors (Lipinski definition) is 1. The fourth-order valence-electron chi connectivity index (χ4n) is 3.26. The molecule has 3 heterocycles. The van der Waals surface area contributed by atoms with Crippen molar-refractivity contribution in [1.82, 2.24) is 4.90 Å². The molecule has 6 heteroatoms. The van der Waals surface area contributed by atoms with E-state index in [9.17, 15) is 14.7 Å². The third-order valence-corrected chi connectivity index (χ3v) is 6.28. The van der Waals surface area contributed by atoms with Gasteiger partial charge in [0.2, 0.25) is 0 Å². The standard InChI is InChI=1S/C13H14BrNO3S/c1-6-4-10(19-11(6)14)12(16)15-7-2-3-9(15)8(5-7)13(17)18/h4,7-9H,2-3,5H2,1H3,(H,17,18). The average Bonchev–Trinajstić information content (AvgIpc) is 3.02. The molecule has 3 atom stereocenters. The number of aryl methyl sites for hydroxylation is 1. The summed E-state index contributed by atoms with van der Waals surface area (Å²) in [7, 11) is 0. The quantitative estimate of drug-likeness (QED) is 0.898. The van der Waals surface area contributed by atoms with Crippen molar-refractivity contribution in [2.75, 3.05) is 0 Å². The van der Waals surface area contributed by atoms with Crippen LogP contribution in [0.5, 0.6) is 0 Å². The van der Waals surface area contributed by atoms with Gasteiger partial charge in [0, 0.05) is 12.1 Å². The molecule has 0 aliphatic carbocycles. The zero-order valence-corrected chi connectivity index (χ0v) is 12.8. The SMILES string of the molecule is Cc1cc(C(=O)N2C3CCC2C(C(=O)O)C3)sc1Br. The van der Waals surface area contributed by atoms with E-state index in [1.54, 1.807) is 0 Å². The van der Waals surface area contributed by atoms with E-state index in [0.717, 1.165) is 22.2 Å². The number of aliphatic carboxylic acids is 1. The number of fused-ring (bicyclic) bond motifs is 2. The maximum Gasteiger partial charge on any atom is 0.308 e. The molecule has 1 aromatic rings. The summed E-state index contributed by atoms with van der Waals surface area (Å²) in [4.78, 5) is 26.3. The van der Waals surface area contributed by atoms with Crippen LogP contribution in [0.3, 0.4) is 0 Å². The summed E-state index contributed by atoms with van der Waals surface area (Å²) in [5.74, 6) is -1.16. The van der Waals surface area contributed by atoms with Crippen molar-refractivity contribution >= 4 is 39.1 Å². The Morgan fingerprint density at radius 3 is 2.74 bits per heavy atom. The lowest BCUT2D eigenvalue weighted by Gasteiger charge is -2.22. The fraction of sp³-hybridized carbons (Fsp3) is 0.538. The van der Waals surface area contributed by atoms with Crippen molar-refractivity contribution in [3.8, 4) is 0 Å². The second kappa shape index (κ2) is 4.59. The molecule has 2 saturated heterocycles. The third-order valence-electron chi connectivity index (χ3n) is 4.16. The Balaban J connectivity index is 1.87. The van der Waals surface area contributed by atoms with Crippen LogP contribution in [0, 0.1) is 12.8 Å². The summed E-state index contributed by atoms with van der Waals surface area (Å²) in [6, 6.07) is 1.88. The van der Waals surface area contributed by atoms with Gasteiger partial charge in [0.15, 0.2) is 0 Å². The first-order valence-electron chi connectivity index (χ1n) is 6.30. The predicted octanol–water partition coefficient (Wildman–Crippen LogP) is 2.90. The molecule has 0 aromatic carbocycles. The van der Waals surface area contributed by atoms with Gasteiger partial charge in [0.1, 0.15) is 0 Å². The molecule has 1 N–H and O–H groups in total. The molecule has 1 aromatic heterocycles. The number of hydrogen-bond acceptors (Lipinski definition) is 3. The van der Waals surface area contributed by atoms with Crippen LogP contribution in [0.4, 0.5) is 0 Å². The molecule has 0 spiro atoms. The van der Waals surface area contributed by atoms with E-state index in [1.165, 1.54) is 11.3 Å². The lowest BCUT2D eigenvalue weighted by molar-refractivity contribution is -0.142. The number of nitrogens with zero attached hydrogens (tertiary/aromatic N) is 1. The predicted molar refractivity (Wildman–Crippen MR) is 75.5 cm³/mol. The summed E-state index contributed by atoms with van der Waals surface area (Å²) < 4.78 is 0.970. The summed E-state index contributed by atoms with van der Waals surface area (Å²) in [5.41, 5.74) is 1.05. The van der Waals surface area contributed by atoms with Gasteiger partial charge in [-0.3, -0.25) is 9.59 Å². The smallest absolute Gasteiger partial charge is 0.308 e. The maximum absolute atomic E-state index is 12.6. The lowest BCUT2D eigenvalue weighted by Crippen LogP contribution is -2.37. The molecule has 102 valence electrons. The summed E-state index contributed by atoms with van der Waals surface area (Å²) in [5, 5.41) is 9.21. The zero-order chi connectivity index (χ0) is 13.7. The molecule has 2 fully saturated rings. The number of carbonyl (C=O) groups is 2. The van der Waals surface area contributed by atoms with Crippen molar-refractivity contribution in [2.24, 2.45) is 5.92 Å². The lowest BCUT2D eigenvalue weighted by atomic mass is 9.89. The minimum Gasteiger partial charge on any atom is -0.481 e. The minimum atomic E-state index is -0.770. The number of carboxylic acids is 1. The Hall–Kier alpha value is -0.880. The molecular formula is C13H14BrNO3S. The number of rotatable bonds is 2. The van der Waals surface area contributed by atoms with Crippen LogP contribution in [0.1, 0.15) is 34.5 Å². The van der Waals surface area contributed by atoms with Gasteiger partial charge >= 0.3 is 5.97 Å². The summed E-state index contributed by atoms with van der Waals surface area (Å²) in [6.07, 6.45) is 2.36. The topological polar surface area (TPSA) is 57.6 Å². The first-order chi connectivity index (χ1) is 8.99. The van der Waals surface area contributed by atoms with Crippen LogP contribution in [-0.2, 0) is 4.79 Å². The van der Waals surface area contributed by atoms with Crippen LogP contribution in [0.25, 0.3) is 0 Å². The van der Waals surface area contributed by atoms with Gasteiger partial charge in [-0.15, -0.1) is 11.3 Å². The molecule has 2 aliphatic rings. The van der Waals surface area contributed by atoms with Gasteiger partial charge in [0.25, 0.3) is 5.91 Å². The molecule has 3 rings (SSSR count).